The molecule has 0 radical (unpaired) electrons. The van der Waals surface area contributed by atoms with E-state index < -0.39 is 16.1 Å². The molecule has 1 amide bonds. The molecular weight excluding hydrogens is 300 g/mol. The highest BCUT2D eigenvalue weighted by Crippen LogP contribution is 2.03. The van der Waals surface area contributed by atoms with E-state index in [9.17, 15) is 13.2 Å². The van der Waals surface area contributed by atoms with Gasteiger partial charge in [-0.3, -0.25) is 9.89 Å². The Morgan fingerprint density at radius 1 is 1.55 bits per heavy atom. The number of rotatable bonds is 9. The third-order valence-corrected chi connectivity index (χ3v) is 4.69. The summed E-state index contributed by atoms with van der Waals surface area (Å²) in [7, 11) is -3.41. The lowest BCUT2D eigenvalue weighted by molar-refractivity contribution is -0.122. The van der Waals surface area contributed by atoms with Crippen molar-refractivity contribution in [1.82, 2.24) is 20.2 Å². The summed E-state index contributed by atoms with van der Waals surface area (Å²) in [6, 6.07) is 1.00. The Kier molecular flexibility index (Phi) is 7.03. The highest BCUT2D eigenvalue weighted by Gasteiger charge is 2.22. The first-order valence-corrected chi connectivity index (χ1v) is 9.28. The molecule has 20 heavy (non-hydrogen) atoms. The maximum absolute atomic E-state index is 12.1. The van der Waals surface area contributed by atoms with E-state index in [0.717, 1.165) is 5.69 Å². The molecule has 3 N–H and O–H groups in total. The molecule has 0 aliphatic carbocycles. The number of carbonyl (C=O) groups is 1. The monoisotopic (exact) mass is 320 g/mol. The zero-order valence-corrected chi connectivity index (χ0v) is 13.2. The molecule has 1 aromatic rings. The summed E-state index contributed by atoms with van der Waals surface area (Å²) in [6.07, 6.45) is 3.95. The van der Waals surface area contributed by atoms with Crippen LogP contribution in [0.25, 0.3) is 0 Å². The van der Waals surface area contributed by atoms with Crippen molar-refractivity contribution in [3.63, 3.8) is 0 Å². The summed E-state index contributed by atoms with van der Waals surface area (Å²) in [5, 5.41) is 9.20. The molecule has 0 saturated heterocycles. The van der Waals surface area contributed by atoms with Crippen LogP contribution >= 0.6 is 11.8 Å². The second-order valence-corrected chi connectivity index (χ2v) is 7.18. The molecule has 0 bridgehead atoms. The average Bonchev–Trinajstić information content (AvgIpc) is 2.94. The minimum Gasteiger partial charge on any atom is -0.349 e. The Morgan fingerprint density at radius 3 is 2.85 bits per heavy atom. The number of nitrogens with zero attached hydrogens (tertiary/aromatic N) is 1. The van der Waals surface area contributed by atoms with Crippen LogP contribution in [0.15, 0.2) is 12.3 Å². The van der Waals surface area contributed by atoms with Gasteiger partial charge in [0.25, 0.3) is 0 Å². The lowest BCUT2D eigenvalue weighted by Crippen LogP contribution is -2.47. The van der Waals surface area contributed by atoms with Crippen LogP contribution in [-0.2, 0) is 21.4 Å². The molecule has 0 aliphatic heterocycles. The van der Waals surface area contributed by atoms with E-state index in [0.29, 0.717) is 18.7 Å². The number of H-pyrrole nitrogens is 1. The van der Waals surface area contributed by atoms with Gasteiger partial charge in [0.1, 0.15) is 6.04 Å². The third kappa shape index (κ3) is 5.93. The van der Waals surface area contributed by atoms with E-state index in [4.69, 9.17) is 0 Å². The number of thioether (sulfide) groups is 1. The van der Waals surface area contributed by atoms with Gasteiger partial charge in [-0.1, -0.05) is 0 Å². The number of aromatic nitrogens is 2. The Labute approximate surface area is 123 Å². The van der Waals surface area contributed by atoms with Gasteiger partial charge in [-0.2, -0.15) is 16.9 Å². The molecule has 1 unspecified atom stereocenters. The lowest BCUT2D eigenvalue weighted by Gasteiger charge is -2.17. The fourth-order valence-corrected chi connectivity index (χ4v) is 2.76. The summed E-state index contributed by atoms with van der Waals surface area (Å²) >= 11 is 1.57. The van der Waals surface area contributed by atoms with Gasteiger partial charge >= 0.3 is 0 Å². The molecule has 1 heterocycles. The smallest absolute Gasteiger partial charge is 0.238 e. The van der Waals surface area contributed by atoms with E-state index >= 15 is 0 Å². The largest absolute Gasteiger partial charge is 0.349 e. The number of carbonyl (C=O) groups excluding carboxylic acids is 1. The molecular formula is C11H20N4O3S2. The minimum atomic E-state index is -3.41. The van der Waals surface area contributed by atoms with Crippen molar-refractivity contribution >= 4 is 27.7 Å². The number of nitrogens with one attached hydrogen (secondary N) is 3. The van der Waals surface area contributed by atoms with Gasteiger partial charge in [0, 0.05) is 6.20 Å². The highest BCUT2D eigenvalue weighted by atomic mass is 32.2. The molecule has 1 aromatic heterocycles. The van der Waals surface area contributed by atoms with E-state index in [1.54, 1.807) is 24.0 Å². The van der Waals surface area contributed by atoms with Crippen LogP contribution in [0.1, 0.15) is 19.0 Å². The van der Waals surface area contributed by atoms with Gasteiger partial charge < -0.3 is 5.32 Å². The summed E-state index contributed by atoms with van der Waals surface area (Å²) in [6.45, 7) is 1.83. The first-order chi connectivity index (χ1) is 9.48. The minimum absolute atomic E-state index is 0.0450. The maximum atomic E-state index is 12.1. The van der Waals surface area contributed by atoms with Gasteiger partial charge in [-0.05, 0) is 31.4 Å². The molecule has 0 fully saturated rings. The van der Waals surface area contributed by atoms with Gasteiger partial charge in [-0.15, -0.1) is 0 Å². The zero-order valence-electron chi connectivity index (χ0n) is 11.5. The van der Waals surface area contributed by atoms with Crippen LogP contribution in [0.5, 0.6) is 0 Å². The average molecular weight is 320 g/mol. The molecule has 114 valence electrons. The molecule has 1 atom stereocenters. The van der Waals surface area contributed by atoms with Crippen LogP contribution in [0.4, 0.5) is 0 Å². The van der Waals surface area contributed by atoms with Crippen molar-refractivity contribution in [2.45, 2.75) is 25.9 Å². The van der Waals surface area contributed by atoms with Crippen molar-refractivity contribution in [2.24, 2.45) is 0 Å². The Morgan fingerprint density at radius 2 is 2.30 bits per heavy atom. The predicted octanol–water partition coefficient (Wildman–Crippen LogP) is 0.0869. The van der Waals surface area contributed by atoms with E-state index in [2.05, 4.69) is 20.2 Å². The lowest BCUT2D eigenvalue weighted by atomic mass is 10.2. The Hall–Kier alpha value is -1.06. The zero-order chi connectivity index (χ0) is 15.0. The topological polar surface area (TPSA) is 104 Å². The second kappa shape index (κ2) is 8.28. The number of amides is 1. The van der Waals surface area contributed by atoms with Crippen LogP contribution < -0.4 is 10.0 Å². The summed E-state index contributed by atoms with van der Waals surface area (Å²) in [4.78, 5) is 12.1. The van der Waals surface area contributed by atoms with E-state index in [1.807, 2.05) is 6.26 Å². The molecule has 1 rings (SSSR count). The molecule has 0 aromatic carbocycles. The van der Waals surface area contributed by atoms with Gasteiger partial charge in [0.05, 0.1) is 18.0 Å². The number of sulfonamides is 1. The van der Waals surface area contributed by atoms with E-state index in [-0.39, 0.29) is 11.7 Å². The molecule has 0 saturated carbocycles. The van der Waals surface area contributed by atoms with Crippen molar-refractivity contribution in [3.05, 3.63) is 18.0 Å². The van der Waals surface area contributed by atoms with Gasteiger partial charge in [0.15, 0.2) is 0 Å². The van der Waals surface area contributed by atoms with Crippen LogP contribution in [0, 0.1) is 0 Å². The highest BCUT2D eigenvalue weighted by molar-refractivity contribution is 7.98. The first-order valence-electron chi connectivity index (χ1n) is 6.23. The predicted molar refractivity (Wildman–Crippen MR) is 79.8 cm³/mol. The van der Waals surface area contributed by atoms with E-state index in [1.165, 1.54) is 6.92 Å². The van der Waals surface area contributed by atoms with Gasteiger partial charge in [-0.25, -0.2) is 13.1 Å². The van der Waals surface area contributed by atoms with Gasteiger partial charge in [0.2, 0.25) is 15.9 Å². The number of hydrogen-bond donors (Lipinski definition) is 3. The van der Waals surface area contributed by atoms with Crippen LogP contribution in [0.2, 0.25) is 0 Å². The normalized spacial score (nSPS) is 13.1. The molecule has 7 nitrogen and oxygen atoms in total. The number of aromatic amines is 1. The summed E-state index contributed by atoms with van der Waals surface area (Å²) in [5.74, 6) is 0.330. The van der Waals surface area contributed by atoms with Crippen molar-refractivity contribution < 1.29 is 13.2 Å². The first kappa shape index (κ1) is 17.0. The fourth-order valence-electron chi connectivity index (χ4n) is 1.47. The number of hydrogen-bond acceptors (Lipinski definition) is 5. The summed E-state index contributed by atoms with van der Waals surface area (Å²) in [5.41, 5.74) is 0.764. The standard InChI is InChI=1S/C11H20N4O3S2/c1-3-20(17,18)15-10(5-7-19-2)11(16)12-8-9-4-6-13-14-9/h4,6,10,15H,3,5,7-8H2,1-2H3,(H,12,16)(H,13,14). The molecule has 0 aliphatic rings. The Balaban J connectivity index is 2.59. The van der Waals surface area contributed by atoms with Crippen LogP contribution in [0.3, 0.4) is 0 Å². The molecule has 0 spiro atoms. The van der Waals surface area contributed by atoms with Crippen molar-refractivity contribution in [2.75, 3.05) is 17.8 Å². The van der Waals surface area contributed by atoms with Crippen molar-refractivity contribution in [1.29, 1.82) is 0 Å². The SMILES string of the molecule is CCS(=O)(=O)NC(CCSC)C(=O)NCc1ccn[nH]1. The molecule has 9 heteroatoms. The van der Waals surface area contributed by atoms with Crippen molar-refractivity contribution in [3.8, 4) is 0 Å². The second-order valence-electron chi connectivity index (χ2n) is 4.16. The fraction of sp³-hybridized carbons (Fsp3) is 0.636. The maximum Gasteiger partial charge on any atom is 0.238 e. The summed E-state index contributed by atoms with van der Waals surface area (Å²) < 4.78 is 25.6. The Bertz CT molecular complexity index is 502. The van der Waals surface area contributed by atoms with Crippen LogP contribution in [-0.4, -0.2) is 48.3 Å². The quantitative estimate of drug-likeness (QED) is 0.598. The third-order valence-electron chi connectivity index (χ3n) is 2.64.